The summed E-state index contributed by atoms with van der Waals surface area (Å²) in [5, 5.41) is 0. The molecule has 0 bridgehead atoms. The zero-order chi connectivity index (χ0) is 31.2. The molecule has 0 saturated carbocycles. The number of hydrogen-bond acceptors (Lipinski definition) is 2. The third kappa shape index (κ3) is 14.8. The van der Waals surface area contributed by atoms with Crippen LogP contribution in [0, 0.1) is 0 Å². The van der Waals surface area contributed by atoms with Crippen LogP contribution in [0.15, 0.2) is 131 Å². The molecule has 2 saturated heterocycles. The molecule has 0 aromatic carbocycles. The maximum absolute atomic E-state index is 5.96. The molecule has 0 aromatic rings. The average Bonchev–Trinajstić information content (AvgIpc) is 3.76. The topological polar surface area (TPSA) is 25.1 Å². The van der Waals surface area contributed by atoms with E-state index < -0.39 is 0 Å². The van der Waals surface area contributed by atoms with Gasteiger partial charge >= 0.3 is 0 Å². The molecule has 0 aromatic heterocycles. The Balaban J connectivity index is 1.72. The van der Waals surface area contributed by atoms with Crippen LogP contribution in [0.2, 0.25) is 0 Å². The lowest BCUT2D eigenvalue weighted by atomic mass is 9.96. The molecule has 2 heteroatoms. The van der Waals surface area contributed by atoms with E-state index in [9.17, 15) is 0 Å². The highest BCUT2D eigenvalue weighted by atomic mass is 16.6. The van der Waals surface area contributed by atoms with Crippen LogP contribution in [0.3, 0.4) is 0 Å². The van der Waals surface area contributed by atoms with Gasteiger partial charge in [0, 0.05) is 0 Å². The lowest BCUT2D eigenvalue weighted by Crippen LogP contribution is -2.12. The summed E-state index contributed by atoms with van der Waals surface area (Å²) >= 11 is 0. The second kappa shape index (κ2) is 17.2. The third-order valence-corrected chi connectivity index (χ3v) is 7.64. The molecule has 2 fully saturated rings. The van der Waals surface area contributed by atoms with Crippen LogP contribution >= 0.6 is 0 Å². The first-order valence-electron chi connectivity index (χ1n) is 15.5. The number of ether oxygens (including phenoxy) is 2. The van der Waals surface area contributed by atoms with E-state index in [1.165, 1.54) is 33.4 Å². The first kappa shape index (κ1) is 35.3. The van der Waals surface area contributed by atoms with E-state index in [0.29, 0.717) is 6.10 Å². The first-order valence-corrected chi connectivity index (χ1v) is 15.5. The Labute approximate surface area is 258 Å². The highest BCUT2D eigenvalue weighted by Crippen LogP contribution is 2.46. The summed E-state index contributed by atoms with van der Waals surface area (Å²) in [5.74, 6) is 0. The fraction of sp³-hybridized carbons (Fsp3) is 0.450. The van der Waals surface area contributed by atoms with Gasteiger partial charge in [0.05, 0.1) is 17.3 Å². The lowest BCUT2D eigenvalue weighted by molar-refractivity contribution is 0.278. The lowest BCUT2D eigenvalue weighted by Gasteiger charge is -2.03. The van der Waals surface area contributed by atoms with Crippen molar-refractivity contribution in [2.24, 2.45) is 0 Å². The summed E-state index contributed by atoms with van der Waals surface area (Å²) in [6.45, 7) is 21.5. The molecule has 0 aliphatic carbocycles. The Hall–Kier alpha value is -2.94. The van der Waals surface area contributed by atoms with Crippen molar-refractivity contribution in [3.05, 3.63) is 131 Å². The molecule has 0 radical (unpaired) electrons. The Morgan fingerprint density at radius 1 is 0.619 bits per heavy atom. The molecule has 1 unspecified atom stereocenters. The van der Waals surface area contributed by atoms with Crippen molar-refractivity contribution < 1.29 is 9.47 Å². The van der Waals surface area contributed by atoms with E-state index in [2.05, 4.69) is 166 Å². The number of allylic oxidation sites excluding steroid dienone is 21. The van der Waals surface area contributed by atoms with Crippen molar-refractivity contribution in [3.63, 3.8) is 0 Å². The molecule has 2 aliphatic heterocycles. The van der Waals surface area contributed by atoms with Crippen molar-refractivity contribution >= 4 is 0 Å². The van der Waals surface area contributed by atoms with Crippen LogP contribution in [0.25, 0.3) is 0 Å². The molecular weight excluding hydrogens is 512 g/mol. The van der Waals surface area contributed by atoms with E-state index in [1.54, 1.807) is 0 Å². The van der Waals surface area contributed by atoms with Gasteiger partial charge in [-0.3, -0.25) is 0 Å². The minimum absolute atomic E-state index is 0.0299. The van der Waals surface area contributed by atoms with Crippen molar-refractivity contribution in [1.82, 2.24) is 0 Å². The van der Waals surface area contributed by atoms with Gasteiger partial charge in [-0.2, -0.15) is 0 Å². The quantitative estimate of drug-likeness (QED) is 0.105. The molecule has 0 amide bonds. The van der Waals surface area contributed by atoms with Crippen LogP contribution < -0.4 is 0 Å². The summed E-state index contributed by atoms with van der Waals surface area (Å²) in [6.07, 6.45) is 39.3. The summed E-state index contributed by atoms with van der Waals surface area (Å²) in [4.78, 5) is 0. The Morgan fingerprint density at radius 2 is 1.10 bits per heavy atom. The van der Waals surface area contributed by atoms with E-state index >= 15 is 0 Å². The van der Waals surface area contributed by atoms with Crippen LogP contribution in [0.5, 0.6) is 0 Å². The summed E-state index contributed by atoms with van der Waals surface area (Å²) in [5.41, 5.74) is 7.69. The normalized spacial score (nSPS) is 25.6. The first-order chi connectivity index (χ1) is 19.8. The zero-order valence-corrected chi connectivity index (χ0v) is 28.0. The fourth-order valence-electron chi connectivity index (χ4n) is 4.47. The van der Waals surface area contributed by atoms with E-state index in [0.717, 1.165) is 25.7 Å². The molecule has 0 spiro atoms. The smallest absolute Gasteiger partial charge is 0.105 e. The van der Waals surface area contributed by atoms with Gasteiger partial charge in [-0.25, -0.2) is 0 Å². The van der Waals surface area contributed by atoms with Gasteiger partial charge in [0.15, 0.2) is 0 Å². The predicted octanol–water partition coefficient (Wildman–Crippen LogP) is 11.4. The van der Waals surface area contributed by atoms with Gasteiger partial charge in [0.1, 0.15) is 6.10 Å². The predicted molar refractivity (Wildman–Crippen MR) is 185 cm³/mol. The second-order valence-corrected chi connectivity index (χ2v) is 12.9. The Morgan fingerprint density at radius 3 is 1.60 bits per heavy atom. The van der Waals surface area contributed by atoms with Crippen LogP contribution in [-0.2, 0) is 9.47 Å². The van der Waals surface area contributed by atoms with Crippen molar-refractivity contribution in [3.8, 4) is 0 Å². The Bertz CT molecular complexity index is 1230. The van der Waals surface area contributed by atoms with Gasteiger partial charge in [0.2, 0.25) is 0 Å². The van der Waals surface area contributed by atoms with Gasteiger partial charge in [0.25, 0.3) is 0 Å². The van der Waals surface area contributed by atoms with Crippen molar-refractivity contribution in [2.75, 3.05) is 0 Å². The largest absolute Gasteiger partial charge is 0.367 e. The molecule has 0 N–H and O–H groups in total. The zero-order valence-electron chi connectivity index (χ0n) is 28.0. The fourth-order valence-corrected chi connectivity index (χ4v) is 4.47. The monoisotopic (exact) mass is 568 g/mol. The Kier molecular flexibility index (Phi) is 14.5. The highest BCUT2D eigenvalue weighted by Gasteiger charge is 2.54. The van der Waals surface area contributed by atoms with E-state index in [4.69, 9.17) is 9.47 Å². The highest BCUT2D eigenvalue weighted by molar-refractivity contribution is 5.32. The summed E-state index contributed by atoms with van der Waals surface area (Å²) in [6, 6.07) is 0. The molecule has 2 nitrogen and oxygen atoms in total. The van der Waals surface area contributed by atoms with Gasteiger partial charge in [-0.1, -0.05) is 131 Å². The number of hydrogen-bond donors (Lipinski definition) is 0. The second-order valence-electron chi connectivity index (χ2n) is 12.9. The standard InChI is InChI=1S/C40H56O2/c1-31(2)17-13-20-34(5)23-15-25-35(6)24-14-21-32(3)18-11-12-19-33(4)22-16-26-36(7)27-28-38-40(10,42-38)30-29-37-39(8,9)41-37/h11-12,14-19,21-28,37-38H,13,20,29-30H2,1-10H3/b12-11+,21-14+,22-16+,25-15+,28-27+,32-18+,33-19+,34-23+,35-24+,36-26+/t37?,38-,40-/m1/s1. The summed E-state index contributed by atoms with van der Waals surface area (Å²) in [7, 11) is 0. The van der Waals surface area contributed by atoms with Gasteiger partial charge in [-0.15, -0.1) is 0 Å². The molecule has 228 valence electrons. The van der Waals surface area contributed by atoms with Crippen LogP contribution in [0.4, 0.5) is 0 Å². The minimum atomic E-state index is -0.0299. The van der Waals surface area contributed by atoms with Crippen LogP contribution in [0.1, 0.15) is 94.9 Å². The molecule has 3 atom stereocenters. The third-order valence-electron chi connectivity index (χ3n) is 7.64. The van der Waals surface area contributed by atoms with E-state index in [-0.39, 0.29) is 17.3 Å². The van der Waals surface area contributed by atoms with E-state index in [1.807, 2.05) is 0 Å². The SMILES string of the molecule is CC(C)=CCC/C(C)=C/C=C/C(C)=C/C=C/C(C)=C/C=C/C=C(C)/C=C/C=C(C)/C=C/[C@H]1O[C@]1(C)CCC1OC1(C)C. The molecular formula is C40H56O2. The molecule has 2 aliphatic rings. The minimum Gasteiger partial charge on any atom is -0.367 e. The molecule has 42 heavy (non-hydrogen) atoms. The number of epoxide rings is 2. The van der Waals surface area contributed by atoms with Crippen LogP contribution in [-0.4, -0.2) is 23.4 Å². The molecule has 2 rings (SSSR count). The number of rotatable bonds is 16. The maximum atomic E-state index is 5.96. The van der Waals surface area contributed by atoms with Gasteiger partial charge in [-0.05, 0) is 94.9 Å². The van der Waals surface area contributed by atoms with Crippen molar-refractivity contribution in [2.45, 2.75) is 118 Å². The maximum Gasteiger partial charge on any atom is 0.105 e. The average molecular weight is 569 g/mol. The van der Waals surface area contributed by atoms with Crippen molar-refractivity contribution in [1.29, 1.82) is 0 Å². The summed E-state index contributed by atoms with van der Waals surface area (Å²) < 4.78 is 11.7. The van der Waals surface area contributed by atoms with Gasteiger partial charge < -0.3 is 9.47 Å². The molecule has 2 heterocycles.